The second kappa shape index (κ2) is 8.19. The summed E-state index contributed by atoms with van der Waals surface area (Å²) in [5.41, 5.74) is 1.04. The van der Waals surface area contributed by atoms with Gasteiger partial charge in [0, 0.05) is 20.1 Å². The van der Waals surface area contributed by atoms with Crippen LogP contribution in [0.1, 0.15) is 35.7 Å². The molecule has 1 aromatic rings. The Balaban J connectivity index is 2.50. The topological polar surface area (TPSA) is 69.6 Å². The first-order chi connectivity index (χ1) is 9.56. The highest BCUT2D eigenvalue weighted by Gasteiger charge is 2.11. The van der Waals surface area contributed by atoms with E-state index in [4.69, 9.17) is 5.11 Å². The molecule has 0 aliphatic heterocycles. The van der Waals surface area contributed by atoms with Gasteiger partial charge in [-0.3, -0.25) is 0 Å². The Morgan fingerprint density at radius 1 is 1.30 bits per heavy atom. The lowest BCUT2D eigenvalue weighted by molar-refractivity contribution is 0.0695. The molecule has 0 heterocycles. The van der Waals surface area contributed by atoms with Gasteiger partial charge in [-0.15, -0.1) is 0 Å². The second-order valence-corrected chi connectivity index (χ2v) is 4.72. The molecule has 1 rings (SSSR count). The Labute approximate surface area is 119 Å². The summed E-state index contributed by atoms with van der Waals surface area (Å²) in [5.74, 6) is -0.935. The number of hydrogen-bond donors (Lipinski definition) is 2. The Kier molecular flexibility index (Phi) is 6.56. The Morgan fingerprint density at radius 3 is 2.65 bits per heavy atom. The third-order valence-electron chi connectivity index (χ3n) is 3.12. The van der Waals surface area contributed by atoms with E-state index in [1.807, 2.05) is 6.07 Å². The quantitative estimate of drug-likeness (QED) is 0.752. The summed E-state index contributed by atoms with van der Waals surface area (Å²) in [4.78, 5) is 24.4. The first-order valence-electron chi connectivity index (χ1n) is 6.86. The van der Waals surface area contributed by atoms with Crippen molar-refractivity contribution in [1.29, 1.82) is 0 Å². The summed E-state index contributed by atoms with van der Waals surface area (Å²) < 4.78 is 0. The van der Waals surface area contributed by atoms with Gasteiger partial charge < -0.3 is 15.3 Å². The van der Waals surface area contributed by atoms with Gasteiger partial charge in [-0.1, -0.05) is 31.5 Å². The van der Waals surface area contributed by atoms with Gasteiger partial charge in [0.15, 0.2) is 0 Å². The molecule has 5 heteroatoms. The molecule has 110 valence electrons. The average molecular weight is 278 g/mol. The summed E-state index contributed by atoms with van der Waals surface area (Å²) >= 11 is 0. The minimum absolute atomic E-state index is 0.119. The minimum Gasteiger partial charge on any atom is -0.478 e. The molecule has 0 radical (unpaired) electrons. The highest BCUT2D eigenvalue weighted by molar-refractivity contribution is 5.89. The van der Waals surface area contributed by atoms with Crippen LogP contribution in [0.15, 0.2) is 24.3 Å². The van der Waals surface area contributed by atoms with Crippen molar-refractivity contribution < 1.29 is 14.7 Å². The molecule has 1 aromatic carbocycles. The molecule has 5 nitrogen and oxygen atoms in total. The predicted molar refractivity (Wildman–Crippen MR) is 78.0 cm³/mol. The van der Waals surface area contributed by atoms with E-state index in [0.717, 1.165) is 18.4 Å². The molecule has 2 N–H and O–H groups in total. The van der Waals surface area contributed by atoms with Crippen LogP contribution in [0.5, 0.6) is 0 Å². The van der Waals surface area contributed by atoms with E-state index in [1.165, 1.54) is 0 Å². The number of benzene rings is 1. The van der Waals surface area contributed by atoms with Gasteiger partial charge >= 0.3 is 12.0 Å². The molecule has 0 unspecified atom stereocenters. The number of carboxylic acids is 1. The monoisotopic (exact) mass is 278 g/mol. The maximum absolute atomic E-state index is 11.8. The number of aromatic carboxylic acids is 1. The second-order valence-electron chi connectivity index (χ2n) is 4.72. The number of carbonyl (C=O) groups is 2. The number of amides is 2. The van der Waals surface area contributed by atoms with Crippen molar-refractivity contribution in [2.24, 2.45) is 0 Å². The van der Waals surface area contributed by atoms with Crippen molar-refractivity contribution in [3.63, 3.8) is 0 Å². The van der Waals surface area contributed by atoms with Crippen LogP contribution in [0.25, 0.3) is 0 Å². The SMILES string of the molecule is CCCCNC(=O)N(C)CCc1ccccc1C(=O)O. The van der Waals surface area contributed by atoms with E-state index in [9.17, 15) is 9.59 Å². The van der Waals surface area contributed by atoms with E-state index in [1.54, 1.807) is 30.1 Å². The van der Waals surface area contributed by atoms with Crippen molar-refractivity contribution in [3.05, 3.63) is 35.4 Å². The lowest BCUT2D eigenvalue weighted by atomic mass is 10.0. The number of carbonyl (C=O) groups excluding carboxylic acids is 1. The summed E-state index contributed by atoms with van der Waals surface area (Å²) in [7, 11) is 1.71. The largest absolute Gasteiger partial charge is 0.478 e. The number of carboxylic acid groups (broad SMARTS) is 1. The van der Waals surface area contributed by atoms with Crippen LogP contribution in [0.2, 0.25) is 0 Å². The highest BCUT2D eigenvalue weighted by Crippen LogP contribution is 2.10. The number of nitrogens with zero attached hydrogens (tertiary/aromatic N) is 1. The fourth-order valence-corrected chi connectivity index (χ4v) is 1.84. The Morgan fingerprint density at radius 2 is 2.00 bits per heavy atom. The van der Waals surface area contributed by atoms with Gasteiger partial charge in [0.2, 0.25) is 0 Å². The van der Waals surface area contributed by atoms with Crippen LogP contribution in [-0.2, 0) is 6.42 Å². The summed E-state index contributed by atoms with van der Waals surface area (Å²) in [5, 5.41) is 11.9. The van der Waals surface area contributed by atoms with Crippen LogP contribution in [0, 0.1) is 0 Å². The molecule has 0 aliphatic carbocycles. The van der Waals surface area contributed by atoms with Crippen LogP contribution in [0.4, 0.5) is 4.79 Å². The Bertz CT molecular complexity index is 460. The number of hydrogen-bond acceptors (Lipinski definition) is 2. The van der Waals surface area contributed by atoms with E-state index in [-0.39, 0.29) is 6.03 Å². The first kappa shape index (κ1) is 16.0. The minimum atomic E-state index is -0.935. The van der Waals surface area contributed by atoms with Gasteiger partial charge in [0.25, 0.3) is 0 Å². The number of urea groups is 1. The highest BCUT2D eigenvalue weighted by atomic mass is 16.4. The van der Waals surface area contributed by atoms with Crippen LogP contribution in [-0.4, -0.2) is 42.1 Å². The zero-order chi connectivity index (χ0) is 15.0. The number of rotatable bonds is 7. The zero-order valence-electron chi connectivity index (χ0n) is 12.1. The third-order valence-corrected chi connectivity index (χ3v) is 3.12. The lowest BCUT2D eigenvalue weighted by Crippen LogP contribution is -2.38. The predicted octanol–water partition coefficient (Wildman–Crippen LogP) is 2.37. The molecule has 0 atom stereocenters. The fourth-order valence-electron chi connectivity index (χ4n) is 1.84. The maximum Gasteiger partial charge on any atom is 0.335 e. The molecule has 0 spiro atoms. The van der Waals surface area contributed by atoms with Crippen LogP contribution < -0.4 is 5.32 Å². The molecule has 0 saturated heterocycles. The third kappa shape index (κ3) is 4.91. The molecular formula is C15H22N2O3. The van der Waals surface area contributed by atoms with Gasteiger partial charge in [0.05, 0.1) is 5.56 Å². The number of likely N-dealkylation sites (N-methyl/N-ethyl adjacent to an activating group) is 1. The fraction of sp³-hybridized carbons (Fsp3) is 0.467. The molecule has 2 amide bonds. The van der Waals surface area contributed by atoms with Crippen LogP contribution >= 0.6 is 0 Å². The molecule has 0 fully saturated rings. The molecule has 0 bridgehead atoms. The van der Waals surface area contributed by atoms with Crippen molar-refractivity contribution in [2.75, 3.05) is 20.1 Å². The van der Waals surface area contributed by atoms with Gasteiger partial charge in [-0.05, 0) is 24.5 Å². The molecule has 0 aromatic heterocycles. The first-order valence-corrected chi connectivity index (χ1v) is 6.86. The van der Waals surface area contributed by atoms with Crippen molar-refractivity contribution >= 4 is 12.0 Å². The van der Waals surface area contributed by atoms with Crippen LogP contribution in [0.3, 0.4) is 0 Å². The summed E-state index contributed by atoms with van der Waals surface area (Å²) in [6.07, 6.45) is 2.53. The van der Waals surface area contributed by atoms with E-state index in [0.29, 0.717) is 25.1 Å². The average Bonchev–Trinajstić information content (AvgIpc) is 2.45. The van der Waals surface area contributed by atoms with Gasteiger partial charge in [-0.25, -0.2) is 9.59 Å². The lowest BCUT2D eigenvalue weighted by Gasteiger charge is -2.18. The van der Waals surface area contributed by atoms with E-state index >= 15 is 0 Å². The molecule has 0 saturated carbocycles. The molecular weight excluding hydrogens is 256 g/mol. The summed E-state index contributed by atoms with van der Waals surface area (Å²) in [6, 6.07) is 6.76. The van der Waals surface area contributed by atoms with E-state index < -0.39 is 5.97 Å². The number of unbranched alkanes of at least 4 members (excludes halogenated alkanes) is 1. The standard InChI is InChI=1S/C15H22N2O3/c1-3-4-10-16-15(20)17(2)11-9-12-7-5-6-8-13(12)14(18)19/h5-8H,3-4,9-11H2,1-2H3,(H,16,20)(H,18,19). The van der Waals surface area contributed by atoms with Gasteiger partial charge in [-0.2, -0.15) is 0 Å². The maximum atomic E-state index is 11.8. The van der Waals surface area contributed by atoms with Crippen molar-refractivity contribution in [1.82, 2.24) is 10.2 Å². The van der Waals surface area contributed by atoms with Crippen molar-refractivity contribution in [3.8, 4) is 0 Å². The number of nitrogens with one attached hydrogen (secondary N) is 1. The molecule has 0 aliphatic rings. The zero-order valence-corrected chi connectivity index (χ0v) is 12.1. The smallest absolute Gasteiger partial charge is 0.335 e. The normalized spacial score (nSPS) is 10.1. The van der Waals surface area contributed by atoms with Crippen molar-refractivity contribution in [2.45, 2.75) is 26.2 Å². The van der Waals surface area contributed by atoms with Gasteiger partial charge in [0.1, 0.15) is 0 Å². The van der Waals surface area contributed by atoms with E-state index in [2.05, 4.69) is 12.2 Å². The molecule has 20 heavy (non-hydrogen) atoms. The summed E-state index contributed by atoms with van der Waals surface area (Å²) in [6.45, 7) is 3.23. The Hall–Kier alpha value is -2.04.